The summed E-state index contributed by atoms with van der Waals surface area (Å²) in [6.07, 6.45) is -15.7. The zero-order valence-electron chi connectivity index (χ0n) is 68.3. The zero-order chi connectivity index (χ0) is 92.8. The van der Waals surface area contributed by atoms with Gasteiger partial charge in [-0.1, -0.05) is 79.0 Å². The molecule has 6 aromatic carbocycles. The number of likely N-dealkylation sites (N-methyl/N-ethyl adjacent to an activating group) is 1. The Morgan fingerprint density at radius 1 is 0.703 bits per heavy atom. The number of nitrogens with two attached hydrogens (primary N) is 2. The summed E-state index contributed by atoms with van der Waals surface area (Å²) >= 11 is 20.3. The lowest BCUT2D eigenvalue weighted by atomic mass is 9.85. The first-order chi connectivity index (χ1) is 60.7. The molecule has 11 bridgehead atoms. The van der Waals surface area contributed by atoms with Gasteiger partial charge in [0.25, 0.3) is 5.91 Å². The van der Waals surface area contributed by atoms with Gasteiger partial charge < -0.3 is 134 Å². The number of aromatic nitrogens is 2. The predicted molar refractivity (Wildman–Crippen MR) is 449 cm³/mol. The van der Waals surface area contributed by atoms with Crippen molar-refractivity contribution >= 4 is 112 Å². The number of benzene rings is 6. The third-order valence-electron chi connectivity index (χ3n) is 21.6. The zero-order valence-corrected chi connectivity index (χ0v) is 70.6. The number of aliphatic hydroxyl groups is 6. The quantitative estimate of drug-likeness (QED) is 0.0268. The van der Waals surface area contributed by atoms with E-state index in [1.54, 1.807) is 50.5 Å². The predicted octanol–water partition coefficient (Wildman–Crippen LogP) is -0.153. The van der Waals surface area contributed by atoms with E-state index in [0.717, 1.165) is 72.8 Å². The van der Waals surface area contributed by atoms with Gasteiger partial charge in [-0.25, -0.2) is 4.79 Å². The first kappa shape index (κ1) is 94.5. The highest BCUT2D eigenvalue weighted by atomic mass is 35.5. The van der Waals surface area contributed by atoms with Crippen LogP contribution in [0.15, 0.2) is 126 Å². The molecule has 1 aromatic heterocycles. The number of ether oxygens (including phenoxy) is 6. The fourth-order valence-corrected chi connectivity index (χ4v) is 15.5. The number of nitrogens with zero attached hydrogens (tertiary/aromatic N) is 2. The standard InChI is InChI=1S/C83H90Cl3N15O27/c1-33(2)22-46(89-5)73(114)97-63-65(108)37-10-15-50(44(85)24-37)124-52-26-39-27-53(69(52)128-81-70(68(111)67(110)54(32-102)126-81)127-58-31-83(4,71(112)34(3)123-58)90-19-21-101-20-18-56(93-82(101)122)92-57(107)17-8-35-6-12-40(84)13-7-35)125-51-16-11-38(25-45(51)86)66(109)64-78(119)96-62(79(120)99-100-80(121)72(88)113)43-28-41(103)29-49(105)59(43)42-23-36(9-14-48(42)104)60(75(116)98-64)95-76(117)61(39)94-74(115)47(30-55(87)106)91-77(63)118/h6-18,20,23-29,33-34,46-47,54,58,60-68,70-71,81,89-90,102-105,108-112H,19,21-22,30-32H2,1-5H3,(H2,87,106)(H2,88,113)(H,91,118)(H,94,115)(H,95,117)(H,96,119)(H,97,114)(H,98,116)(H,99,120)(H,100,121)(H,92,93,107,122)/b17-8+/t34?,46?,47?,54?,58?,60?,61?,62-,63?,64?,65?,66?,67?,68?,70?,71?,81?,83-/m1/s1. The van der Waals surface area contributed by atoms with Crippen LogP contribution < -0.4 is 90.1 Å². The molecule has 14 rings (SSSR count). The van der Waals surface area contributed by atoms with Gasteiger partial charge in [0, 0.05) is 59.5 Å². The van der Waals surface area contributed by atoms with Gasteiger partial charge >= 0.3 is 17.5 Å². The highest BCUT2D eigenvalue weighted by molar-refractivity contribution is 6.34. The number of amides is 11. The van der Waals surface area contributed by atoms with E-state index in [1.807, 2.05) is 5.43 Å². The summed E-state index contributed by atoms with van der Waals surface area (Å²) in [4.78, 5) is 175. The van der Waals surface area contributed by atoms with E-state index >= 15 is 24.0 Å². The van der Waals surface area contributed by atoms with Crippen molar-refractivity contribution in [2.45, 2.75) is 163 Å². The highest BCUT2D eigenvalue weighted by Crippen LogP contribution is 2.50. The smallest absolute Gasteiger partial charge is 0.349 e. The maximum absolute atomic E-state index is 16.3. The van der Waals surface area contributed by atoms with Gasteiger partial charge in [-0.3, -0.25) is 68.2 Å². The van der Waals surface area contributed by atoms with Crippen LogP contribution in [0.4, 0.5) is 5.82 Å². The van der Waals surface area contributed by atoms with E-state index < -0.39 is 277 Å². The number of fused-ring (bicyclic) bond motifs is 15. The summed E-state index contributed by atoms with van der Waals surface area (Å²) < 4.78 is 40.5. The summed E-state index contributed by atoms with van der Waals surface area (Å²) in [5.41, 5.74) is 9.67. The Hall–Kier alpha value is -12.7. The van der Waals surface area contributed by atoms with Crippen molar-refractivity contribution in [3.63, 3.8) is 0 Å². The topological polar surface area (TPSA) is 644 Å². The fraction of sp³-hybridized carbons (Fsp3) is 0.361. The molecule has 16 unspecified atom stereocenters. The van der Waals surface area contributed by atoms with Crippen LogP contribution in [0.1, 0.15) is 111 Å². The van der Waals surface area contributed by atoms with Crippen LogP contribution in [0.2, 0.25) is 15.1 Å². The van der Waals surface area contributed by atoms with Crippen LogP contribution in [0, 0.1) is 5.92 Å². The molecule has 42 nitrogen and oxygen atoms in total. The number of halogens is 3. The molecule has 18 atom stereocenters. The number of phenolic OH excluding ortho intramolecular Hbond substituents is 3. The minimum absolute atomic E-state index is 0.0503. The Labute approximate surface area is 741 Å². The number of primary amides is 2. The molecule has 7 aliphatic rings. The average molecular weight is 1840 g/mol. The summed E-state index contributed by atoms with van der Waals surface area (Å²) in [6, 6.07) is 6.30. The summed E-state index contributed by atoms with van der Waals surface area (Å²) in [7, 11) is 1.45. The number of carbonyl (C=O) groups is 11. The first-order valence-corrected chi connectivity index (χ1v) is 40.7. The highest BCUT2D eigenvalue weighted by Gasteiger charge is 2.52. The Morgan fingerprint density at radius 3 is 1.97 bits per heavy atom. The van der Waals surface area contributed by atoms with Crippen molar-refractivity contribution in [2.24, 2.45) is 17.4 Å². The Kier molecular flexibility index (Phi) is 29.6. The Bertz CT molecular complexity index is 5580. The van der Waals surface area contributed by atoms with E-state index in [2.05, 4.69) is 52.8 Å². The molecular formula is C83H90Cl3N15O27. The SMILES string of the molecule is CNC(CC(C)C)C(=O)NC1C(=O)NC(CC(N)=O)C(=O)NC2C(=O)NC3C(=O)NC(C(=O)N[C@@H](C(=O)NNC(=O)C(N)=O)c4cc(O)cc(O)c4-c4cc3ccc4O)C(O)c3ccc(c(Cl)c3)Oc3cc2cc(c3OC2OC(CO)C(O)C(O)C2OC2C[C@@](C)(NCCn3ccc(NC(=O)/C=C/c4ccc(Cl)cc4)nc3=O)C(O)C(C)O2)Oc2ccc(cc2Cl)C1O. The summed E-state index contributed by atoms with van der Waals surface area (Å²) in [5.74, 6) is -20.6. The van der Waals surface area contributed by atoms with Crippen molar-refractivity contribution in [3.8, 4) is 57.1 Å². The van der Waals surface area contributed by atoms with E-state index in [-0.39, 0.29) is 48.8 Å². The monoisotopic (exact) mass is 1830 g/mol. The molecule has 24 N–H and O–H groups in total. The second-order valence-electron chi connectivity index (χ2n) is 31.2. The third kappa shape index (κ3) is 21.6. The molecule has 0 spiro atoms. The maximum atomic E-state index is 16.3. The molecular weight excluding hydrogens is 1750 g/mol. The Morgan fingerprint density at radius 2 is 1.34 bits per heavy atom. The molecule has 0 aliphatic carbocycles. The van der Waals surface area contributed by atoms with E-state index in [1.165, 1.54) is 49.0 Å². The number of rotatable bonds is 20. The molecule has 0 radical (unpaired) electrons. The van der Waals surface area contributed by atoms with Gasteiger partial charge in [-0.05, 0) is 145 Å². The van der Waals surface area contributed by atoms with Gasteiger partial charge in [-0.2, -0.15) is 4.98 Å². The third-order valence-corrected chi connectivity index (χ3v) is 22.4. The normalized spacial score (nSPS) is 25.6. The minimum atomic E-state index is -2.44. The van der Waals surface area contributed by atoms with Crippen LogP contribution in [0.25, 0.3) is 17.2 Å². The fourth-order valence-electron chi connectivity index (χ4n) is 14.9. The molecule has 45 heteroatoms. The van der Waals surface area contributed by atoms with Crippen LogP contribution in [0.5, 0.6) is 46.0 Å². The van der Waals surface area contributed by atoms with Gasteiger partial charge in [0.15, 0.2) is 23.9 Å². The van der Waals surface area contributed by atoms with E-state index in [9.17, 15) is 79.5 Å². The average Bonchev–Trinajstić information content (AvgIpc) is 0.762. The summed E-state index contributed by atoms with van der Waals surface area (Å²) in [5, 5.41) is 129. The van der Waals surface area contributed by atoms with Crippen LogP contribution in [0.3, 0.4) is 0 Å². The molecule has 11 amide bonds. The number of aliphatic hydroxyl groups excluding tert-OH is 6. The van der Waals surface area contributed by atoms with Crippen LogP contribution in [-0.4, -0.2) is 220 Å². The van der Waals surface area contributed by atoms with Crippen molar-refractivity contribution < 1.29 is 127 Å². The lowest BCUT2D eigenvalue weighted by molar-refractivity contribution is -0.334. The molecule has 7 aromatic rings. The molecule has 680 valence electrons. The number of phenols is 3. The molecule has 0 saturated carbocycles. The van der Waals surface area contributed by atoms with E-state index in [0.29, 0.717) is 10.6 Å². The number of carbonyl (C=O) groups excluding carboxylic acids is 11. The number of hydrogen-bond acceptors (Lipinski definition) is 30. The number of anilines is 1. The molecule has 7 aliphatic heterocycles. The molecule has 2 fully saturated rings. The van der Waals surface area contributed by atoms with Crippen molar-refractivity contribution in [3.05, 3.63) is 180 Å². The van der Waals surface area contributed by atoms with Crippen LogP contribution in [-0.2, 0) is 73.5 Å². The number of nitrogens with one attached hydrogen (secondary N) is 11. The first-order valence-electron chi connectivity index (χ1n) is 39.6. The maximum Gasteiger partial charge on any atom is 0.349 e. The van der Waals surface area contributed by atoms with Gasteiger partial charge in [0.2, 0.25) is 59.3 Å². The molecule has 8 heterocycles. The van der Waals surface area contributed by atoms with Gasteiger partial charge in [0.1, 0.15) is 101 Å². The Balaban J connectivity index is 1.00. The second-order valence-corrected chi connectivity index (χ2v) is 32.4. The summed E-state index contributed by atoms with van der Waals surface area (Å²) in [6.45, 7) is 5.50. The van der Waals surface area contributed by atoms with Crippen molar-refractivity contribution in [1.29, 1.82) is 0 Å². The lowest BCUT2D eigenvalue weighted by Crippen LogP contribution is -2.65. The minimum Gasteiger partial charge on any atom is -0.508 e. The lowest BCUT2D eigenvalue weighted by Gasteiger charge is -2.48. The number of aromatic hydroxyl groups is 3. The van der Waals surface area contributed by atoms with E-state index in [4.69, 9.17) is 74.7 Å². The van der Waals surface area contributed by atoms with Crippen molar-refractivity contribution in [1.82, 2.24) is 62.9 Å². The number of hydrogen-bond donors (Lipinski definition) is 22. The van der Waals surface area contributed by atoms with Crippen LogP contribution >= 0.6 is 34.8 Å². The van der Waals surface area contributed by atoms with Gasteiger partial charge in [0.05, 0.1) is 41.3 Å². The largest absolute Gasteiger partial charge is 0.508 e. The van der Waals surface area contributed by atoms with Gasteiger partial charge in [-0.15, -0.1) is 0 Å². The molecule has 2 saturated heterocycles. The number of hydrazine groups is 1. The van der Waals surface area contributed by atoms with Crippen molar-refractivity contribution in [2.75, 3.05) is 25.5 Å². The second kappa shape index (κ2) is 40.1. The molecule has 128 heavy (non-hydrogen) atoms.